The zero-order valence-corrected chi connectivity index (χ0v) is 20.1. The van der Waals surface area contributed by atoms with Crippen LogP contribution in [-0.4, -0.2) is 43.5 Å². The van der Waals surface area contributed by atoms with Crippen LogP contribution >= 0.6 is 0 Å². The van der Waals surface area contributed by atoms with Gasteiger partial charge in [0, 0.05) is 0 Å². The first-order valence-corrected chi connectivity index (χ1v) is 11.0. The third kappa shape index (κ3) is 3.54. The van der Waals surface area contributed by atoms with E-state index in [2.05, 4.69) is 27.4 Å². The summed E-state index contributed by atoms with van der Waals surface area (Å²) in [4.78, 5) is 14.1. The van der Waals surface area contributed by atoms with Crippen molar-refractivity contribution >= 4 is 27.6 Å². The molecule has 6 nitrogen and oxygen atoms in total. The van der Waals surface area contributed by atoms with E-state index in [1.165, 1.54) is 0 Å². The second kappa shape index (κ2) is 8.18. The number of carboxylic acid groups (broad SMARTS) is 1. The van der Waals surface area contributed by atoms with E-state index < -0.39 is 6.09 Å². The van der Waals surface area contributed by atoms with E-state index in [0.717, 1.165) is 38.4 Å². The fourth-order valence-electron chi connectivity index (χ4n) is 5.24. The van der Waals surface area contributed by atoms with Gasteiger partial charge in [-0.25, -0.2) is 4.79 Å². The second-order valence-electron chi connectivity index (χ2n) is 9.52. The molecule has 0 aliphatic carbocycles. The van der Waals surface area contributed by atoms with E-state index >= 15 is 0 Å². The van der Waals surface area contributed by atoms with Crippen molar-refractivity contribution in [2.24, 2.45) is 5.41 Å². The molecule has 0 fully saturated rings. The summed E-state index contributed by atoms with van der Waals surface area (Å²) in [5.74, 6) is 2.02. The summed E-state index contributed by atoms with van der Waals surface area (Å²) >= 11 is 0. The Morgan fingerprint density at radius 2 is 1.61 bits per heavy atom. The summed E-state index contributed by atoms with van der Waals surface area (Å²) in [6.07, 6.45) is 1.33. The number of hydrogen-bond donors (Lipinski definition) is 1. The molecule has 0 saturated heterocycles. The average molecular weight is 450 g/mol. The van der Waals surface area contributed by atoms with Gasteiger partial charge in [0.2, 0.25) is 0 Å². The molecule has 2 atom stereocenters. The van der Waals surface area contributed by atoms with Crippen LogP contribution < -0.4 is 14.2 Å². The average Bonchev–Trinajstić information content (AvgIpc) is 2.80. The topological polar surface area (TPSA) is 68.2 Å². The largest absolute Gasteiger partial charge is 0.497 e. The Morgan fingerprint density at radius 1 is 1.00 bits per heavy atom. The highest BCUT2D eigenvalue weighted by atomic mass is 16.5. The predicted octanol–water partition coefficient (Wildman–Crippen LogP) is 6.20. The molecule has 1 heterocycles. The Morgan fingerprint density at radius 3 is 2.12 bits per heavy atom. The maximum atomic E-state index is 12.5. The van der Waals surface area contributed by atoms with E-state index in [-0.39, 0.29) is 17.5 Å². The summed E-state index contributed by atoms with van der Waals surface area (Å²) in [6, 6.07) is 9.27. The van der Waals surface area contributed by atoms with Crippen molar-refractivity contribution in [1.29, 1.82) is 0 Å². The van der Waals surface area contributed by atoms with Crippen LogP contribution in [0.25, 0.3) is 21.5 Å². The molecule has 4 rings (SSSR count). The van der Waals surface area contributed by atoms with Crippen molar-refractivity contribution in [2.45, 2.75) is 39.3 Å². The maximum absolute atomic E-state index is 12.5. The molecule has 1 unspecified atom stereocenters. The van der Waals surface area contributed by atoms with Crippen molar-refractivity contribution in [2.75, 3.05) is 21.3 Å². The van der Waals surface area contributed by atoms with Gasteiger partial charge >= 0.3 is 6.09 Å². The molecule has 1 amide bonds. The van der Waals surface area contributed by atoms with Crippen molar-refractivity contribution in [3.8, 4) is 17.2 Å². The van der Waals surface area contributed by atoms with Gasteiger partial charge in [0.25, 0.3) is 0 Å². The van der Waals surface area contributed by atoms with Crippen LogP contribution in [0.2, 0.25) is 0 Å². The Hall–Kier alpha value is -3.41. The zero-order chi connectivity index (χ0) is 24.1. The molecular formula is C27H31NO5. The van der Waals surface area contributed by atoms with Crippen LogP contribution in [0.1, 0.15) is 37.9 Å². The number of methoxy groups -OCH3 is 3. The molecule has 1 aliphatic heterocycles. The highest BCUT2D eigenvalue weighted by molar-refractivity contribution is 6.12. The maximum Gasteiger partial charge on any atom is 0.408 e. The molecular weight excluding hydrogens is 418 g/mol. The van der Waals surface area contributed by atoms with Gasteiger partial charge in [0.05, 0.1) is 33.4 Å². The van der Waals surface area contributed by atoms with Crippen LogP contribution in [0.15, 0.2) is 43.0 Å². The smallest absolute Gasteiger partial charge is 0.408 e. The first-order valence-electron chi connectivity index (χ1n) is 11.0. The lowest BCUT2D eigenvalue weighted by Crippen LogP contribution is -2.50. The summed E-state index contributed by atoms with van der Waals surface area (Å²) in [6.45, 7) is 10.2. The SMILES string of the molecule is C=CC1Cc2c(c3ccc(OC)cc3c3cc(OC)c(OC)cc23)[C@H](C(C)(C)C)N1C(=O)O. The van der Waals surface area contributed by atoms with E-state index in [1.807, 2.05) is 30.3 Å². The first kappa shape index (κ1) is 22.8. The quantitative estimate of drug-likeness (QED) is 0.380. The fraction of sp³-hybridized carbons (Fsp3) is 0.370. The van der Waals surface area contributed by atoms with Gasteiger partial charge < -0.3 is 19.3 Å². The van der Waals surface area contributed by atoms with Gasteiger partial charge in [0.15, 0.2) is 11.5 Å². The molecule has 33 heavy (non-hydrogen) atoms. The zero-order valence-electron chi connectivity index (χ0n) is 20.1. The molecule has 6 heteroatoms. The standard InChI is InChI=1S/C27H31NO5/c1-8-15-11-21-20-14-23(33-7)22(32-6)13-19(20)18-12-16(31-5)9-10-17(18)24(21)25(27(2,3)4)28(15)26(29)30/h8-10,12-15,25H,1,11H2,2-7H3,(H,29,30)/t15?,25-/m1/s1. The first-order chi connectivity index (χ1) is 15.7. The monoisotopic (exact) mass is 449 g/mol. The number of amides is 1. The van der Waals surface area contributed by atoms with Gasteiger partial charge in [-0.1, -0.05) is 32.9 Å². The van der Waals surface area contributed by atoms with E-state index in [9.17, 15) is 9.90 Å². The summed E-state index contributed by atoms with van der Waals surface area (Å²) in [5, 5.41) is 14.3. The van der Waals surface area contributed by atoms with Gasteiger partial charge in [-0.05, 0) is 68.8 Å². The van der Waals surface area contributed by atoms with Gasteiger partial charge in [-0.3, -0.25) is 4.90 Å². The van der Waals surface area contributed by atoms with Crippen LogP contribution in [0.3, 0.4) is 0 Å². The minimum atomic E-state index is -0.945. The van der Waals surface area contributed by atoms with E-state index in [4.69, 9.17) is 14.2 Å². The lowest BCUT2D eigenvalue weighted by atomic mass is 9.72. The van der Waals surface area contributed by atoms with E-state index in [1.54, 1.807) is 32.3 Å². The van der Waals surface area contributed by atoms with Crippen molar-refractivity contribution < 1.29 is 24.1 Å². The number of rotatable bonds is 4. The molecule has 3 aromatic carbocycles. The fourth-order valence-corrected chi connectivity index (χ4v) is 5.24. The minimum absolute atomic E-state index is 0.341. The number of fused-ring (bicyclic) bond motifs is 6. The van der Waals surface area contributed by atoms with Crippen LogP contribution in [-0.2, 0) is 6.42 Å². The number of benzene rings is 3. The van der Waals surface area contributed by atoms with Crippen LogP contribution in [0, 0.1) is 5.41 Å². The van der Waals surface area contributed by atoms with Crippen molar-refractivity contribution in [3.63, 3.8) is 0 Å². The third-order valence-electron chi connectivity index (χ3n) is 6.62. The molecule has 0 saturated carbocycles. The number of hydrogen-bond acceptors (Lipinski definition) is 4. The number of nitrogens with zero attached hydrogens (tertiary/aromatic N) is 1. The summed E-state index contributed by atoms with van der Waals surface area (Å²) in [5.41, 5.74) is 1.79. The predicted molar refractivity (Wildman–Crippen MR) is 131 cm³/mol. The molecule has 0 aromatic heterocycles. The lowest BCUT2D eigenvalue weighted by Gasteiger charge is -2.47. The number of carbonyl (C=O) groups is 1. The van der Waals surface area contributed by atoms with Crippen LogP contribution in [0.5, 0.6) is 17.2 Å². The summed E-state index contributed by atoms with van der Waals surface area (Å²) in [7, 11) is 4.89. The van der Waals surface area contributed by atoms with Crippen molar-refractivity contribution in [1.82, 2.24) is 4.90 Å². The molecule has 174 valence electrons. The molecule has 0 bridgehead atoms. The van der Waals surface area contributed by atoms with Gasteiger partial charge in [0.1, 0.15) is 5.75 Å². The minimum Gasteiger partial charge on any atom is -0.497 e. The molecule has 3 aromatic rings. The lowest BCUT2D eigenvalue weighted by molar-refractivity contribution is 0.0588. The molecule has 1 aliphatic rings. The van der Waals surface area contributed by atoms with Crippen LogP contribution in [0.4, 0.5) is 4.79 Å². The Labute approximate surface area is 194 Å². The highest BCUT2D eigenvalue weighted by Gasteiger charge is 2.44. The van der Waals surface area contributed by atoms with Gasteiger partial charge in [-0.15, -0.1) is 6.58 Å². The molecule has 0 spiro atoms. The Balaban J connectivity index is 2.24. The van der Waals surface area contributed by atoms with Gasteiger partial charge in [-0.2, -0.15) is 0 Å². The Bertz CT molecular complexity index is 1260. The van der Waals surface area contributed by atoms with E-state index in [0.29, 0.717) is 17.9 Å². The molecule has 1 N–H and O–H groups in total. The normalized spacial score (nSPS) is 18.2. The highest BCUT2D eigenvalue weighted by Crippen LogP contribution is 2.51. The Kier molecular flexibility index (Phi) is 5.64. The number of ether oxygens (including phenoxy) is 3. The summed E-state index contributed by atoms with van der Waals surface area (Å²) < 4.78 is 16.8. The van der Waals surface area contributed by atoms with Crippen molar-refractivity contribution in [3.05, 3.63) is 54.1 Å². The third-order valence-corrected chi connectivity index (χ3v) is 6.62. The second-order valence-corrected chi connectivity index (χ2v) is 9.52. The molecule has 0 radical (unpaired) electrons.